The lowest BCUT2D eigenvalue weighted by atomic mass is 9.78. The molecule has 0 unspecified atom stereocenters. The highest BCUT2D eigenvalue weighted by Gasteiger charge is 2.26. The summed E-state index contributed by atoms with van der Waals surface area (Å²) < 4.78 is 3.62. The zero-order valence-electron chi connectivity index (χ0n) is 20.9. The van der Waals surface area contributed by atoms with Gasteiger partial charge in [0.15, 0.2) is 11.2 Å². The Morgan fingerprint density at radius 1 is 1.06 bits per heavy atom. The van der Waals surface area contributed by atoms with E-state index in [1.165, 1.54) is 35.8 Å². The van der Waals surface area contributed by atoms with Gasteiger partial charge in [0.05, 0.1) is 12.5 Å². The molecule has 0 radical (unpaired) electrons. The van der Waals surface area contributed by atoms with E-state index in [0.29, 0.717) is 0 Å². The van der Waals surface area contributed by atoms with Crippen molar-refractivity contribution in [3.05, 3.63) is 56.0 Å². The molecule has 0 spiro atoms. The summed E-state index contributed by atoms with van der Waals surface area (Å²) in [6, 6.07) is 3.71. The van der Waals surface area contributed by atoms with Crippen molar-refractivity contribution in [2.75, 3.05) is 0 Å². The molecule has 3 aromatic rings. The van der Waals surface area contributed by atoms with Gasteiger partial charge in [-0.05, 0) is 28.5 Å². The summed E-state index contributed by atoms with van der Waals surface area (Å²) in [7, 11) is 2.89. The Hall–Kier alpha value is -3.69. The maximum absolute atomic E-state index is 12.5. The Morgan fingerprint density at radius 3 is 2.15 bits per heavy atom. The summed E-state index contributed by atoms with van der Waals surface area (Å²) in [4.78, 5) is 41.2. The molecule has 0 aliphatic heterocycles. The van der Waals surface area contributed by atoms with Crippen molar-refractivity contribution in [2.45, 2.75) is 58.9 Å². The number of phenolic OH excluding ortho intramolecular Hbond substituents is 1. The number of rotatable bonds is 4. The molecular formula is C24H32N6O4. The number of aromatic hydroxyl groups is 1. The summed E-state index contributed by atoms with van der Waals surface area (Å²) in [6.07, 6.45) is 2.87. The molecule has 1 amide bonds. The number of hydrazone groups is 1. The topological polar surface area (TPSA) is 124 Å². The van der Waals surface area contributed by atoms with Gasteiger partial charge in [-0.2, -0.15) is 5.10 Å². The van der Waals surface area contributed by atoms with Gasteiger partial charge in [-0.15, -0.1) is 0 Å². The highest BCUT2D eigenvalue weighted by molar-refractivity contribution is 5.84. The number of carbonyl (C=O) groups is 1. The van der Waals surface area contributed by atoms with Crippen LogP contribution >= 0.6 is 0 Å². The molecule has 0 fully saturated rings. The number of imidazole rings is 1. The predicted molar refractivity (Wildman–Crippen MR) is 131 cm³/mol. The third kappa shape index (κ3) is 4.66. The van der Waals surface area contributed by atoms with Crippen LogP contribution in [-0.2, 0) is 36.3 Å². The summed E-state index contributed by atoms with van der Waals surface area (Å²) >= 11 is 0. The van der Waals surface area contributed by atoms with Crippen LogP contribution < -0.4 is 16.7 Å². The second-order valence-corrected chi connectivity index (χ2v) is 10.5. The average molecular weight is 469 g/mol. The number of fused-ring (bicyclic) bond motifs is 1. The number of nitrogens with one attached hydrogen (secondary N) is 1. The van der Waals surface area contributed by atoms with Crippen molar-refractivity contribution < 1.29 is 9.90 Å². The average Bonchev–Trinajstić information content (AvgIpc) is 3.13. The van der Waals surface area contributed by atoms with E-state index in [2.05, 4.69) is 15.5 Å². The monoisotopic (exact) mass is 468 g/mol. The fraction of sp³-hybridized carbons (Fsp3) is 0.458. The minimum Gasteiger partial charge on any atom is -0.507 e. The summed E-state index contributed by atoms with van der Waals surface area (Å²) in [6.45, 7) is 11.9. The van der Waals surface area contributed by atoms with Gasteiger partial charge in [0.2, 0.25) is 0 Å². The Bertz CT molecular complexity index is 1380. The number of aromatic nitrogens is 4. The van der Waals surface area contributed by atoms with Crippen LogP contribution in [0.2, 0.25) is 0 Å². The molecule has 0 aliphatic carbocycles. The lowest BCUT2D eigenvalue weighted by molar-refractivity contribution is -0.121. The van der Waals surface area contributed by atoms with Crippen molar-refractivity contribution in [1.29, 1.82) is 0 Å². The molecule has 10 heteroatoms. The SMILES string of the molecule is Cn1c(=O)c2c(ncn2CC(=O)N/N=C/c2cc(C(C)(C)C)c(O)c(C(C)(C)C)c2)n(C)c1=O. The number of aryl methyl sites for hydroxylation is 1. The zero-order valence-corrected chi connectivity index (χ0v) is 20.9. The number of hydrogen-bond donors (Lipinski definition) is 2. The number of amides is 1. The van der Waals surface area contributed by atoms with Gasteiger partial charge in [-0.1, -0.05) is 41.5 Å². The fourth-order valence-electron chi connectivity index (χ4n) is 3.76. The number of phenols is 1. The maximum Gasteiger partial charge on any atom is 0.332 e. The second-order valence-electron chi connectivity index (χ2n) is 10.5. The van der Waals surface area contributed by atoms with E-state index in [1.54, 1.807) is 0 Å². The van der Waals surface area contributed by atoms with E-state index >= 15 is 0 Å². The molecule has 1 aromatic carbocycles. The van der Waals surface area contributed by atoms with Gasteiger partial charge in [0.25, 0.3) is 11.5 Å². The van der Waals surface area contributed by atoms with Gasteiger partial charge in [-0.3, -0.25) is 18.7 Å². The van der Waals surface area contributed by atoms with E-state index in [1.807, 2.05) is 53.7 Å². The van der Waals surface area contributed by atoms with Gasteiger partial charge in [0.1, 0.15) is 12.3 Å². The van der Waals surface area contributed by atoms with Crippen LogP contribution in [0.15, 0.2) is 33.2 Å². The van der Waals surface area contributed by atoms with Crippen molar-refractivity contribution in [3.63, 3.8) is 0 Å². The zero-order chi connectivity index (χ0) is 25.6. The summed E-state index contributed by atoms with van der Waals surface area (Å²) in [5.74, 6) is -0.193. The Labute approximate surface area is 197 Å². The third-order valence-corrected chi connectivity index (χ3v) is 5.68. The van der Waals surface area contributed by atoms with Crippen molar-refractivity contribution in [2.24, 2.45) is 19.2 Å². The molecule has 2 N–H and O–H groups in total. The molecule has 0 atom stereocenters. The molecule has 2 aromatic heterocycles. The van der Waals surface area contributed by atoms with Gasteiger partial charge < -0.3 is 9.67 Å². The Balaban J connectivity index is 1.86. The third-order valence-electron chi connectivity index (χ3n) is 5.68. The van der Waals surface area contributed by atoms with Crippen molar-refractivity contribution >= 4 is 23.3 Å². The fourth-order valence-corrected chi connectivity index (χ4v) is 3.76. The normalized spacial score (nSPS) is 12.6. The minimum atomic E-state index is -0.527. The standard InChI is InChI=1S/C24H32N6O4/c1-23(2,3)15-9-14(10-16(19(15)32)24(4,5)6)11-26-27-17(31)12-30-13-25-20-18(30)21(33)29(8)22(34)28(20)7/h9-11,13,32H,12H2,1-8H3,(H,27,31)/b26-11+. The van der Waals surface area contributed by atoms with Crippen LogP contribution in [0, 0.1) is 0 Å². The lowest BCUT2D eigenvalue weighted by Gasteiger charge is -2.27. The molecule has 182 valence electrons. The first-order valence-corrected chi connectivity index (χ1v) is 10.9. The molecule has 3 rings (SSSR count). The lowest BCUT2D eigenvalue weighted by Crippen LogP contribution is -2.38. The van der Waals surface area contributed by atoms with E-state index in [0.717, 1.165) is 21.3 Å². The highest BCUT2D eigenvalue weighted by Crippen LogP contribution is 2.39. The Kier molecular flexibility index (Phi) is 6.30. The van der Waals surface area contributed by atoms with Gasteiger partial charge in [-0.25, -0.2) is 15.2 Å². The first-order valence-electron chi connectivity index (χ1n) is 10.9. The van der Waals surface area contributed by atoms with Crippen LogP contribution in [-0.4, -0.2) is 35.9 Å². The number of benzene rings is 1. The van der Waals surface area contributed by atoms with Crippen molar-refractivity contribution in [1.82, 2.24) is 24.1 Å². The van der Waals surface area contributed by atoms with Crippen LogP contribution in [0.3, 0.4) is 0 Å². The number of carbonyl (C=O) groups excluding carboxylic acids is 1. The number of hydrogen-bond acceptors (Lipinski definition) is 6. The highest BCUT2D eigenvalue weighted by atomic mass is 16.3. The minimum absolute atomic E-state index is 0.159. The molecule has 0 saturated heterocycles. The second kappa shape index (κ2) is 8.58. The van der Waals surface area contributed by atoms with Crippen LogP contribution in [0.25, 0.3) is 11.2 Å². The first kappa shape index (κ1) is 24.9. The quantitative estimate of drug-likeness (QED) is 0.447. The number of nitrogens with zero attached hydrogens (tertiary/aromatic N) is 5. The van der Waals surface area contributed by atoms with Crippen LogP contribution in [0.5, 0.6) is 5.75 Å². The van der Waals surface area contributed by atoms with E-state index in [4.69, 9.17) is 0 Å². The molecule has 0 saturated carbocycles. The summed E-state index contributed by atoms with van der Waals surface area (Å²) in [5.41, 5.74) is 3.57. The molecule has 2 heterocycles. The molecular weight excluding hydrogens is 436 g/mol. The predicted octanol–water partition coefficient (Wildman–Crippen LogP) is 1.88. The van der Waals surface area contributed by atoms with Crippen molar-refractivity contribution in [3.8, 4) is 5.75 Å². The van der Waals surface area contributed by atoms with Gasteiger partial charge in [0, 0.05) is 25.2 Å². The van der Waals surface area contributed by atoms with Crippen LogP contribution in [0.4, 0.5) is 0 Å². The summed E-state index contributed by atoms with van der Waals surface area (Å²) in [5, 5.41) is 14.9. The van der Waals surface area contributed by atoms with Gasteiger partial charge >= 0.3 is 5.69 Å². The van der Waals surface area contributed by atoms with E-state index < -0.39 is 17.2 Å². The Morgan fingerprint density at radius 2 is 1.62 bits per heavy atom. The van der Waals surface area contributed by atoms with E-state index in [9.17, 15) is 19.5 Å². The molecule has 0 bridgehead atoms. The molecule has 34 heavy (non-hydrogen) atoms. The van der Waals surface area contributed by atoms with E-state index in [-0.39, 0.29) is 34.3 Å². The largest absolute Gasteiger partial charge is 0.507 e. The van der Waals surface area contributed by atoms with Crippen LogP contribution in [0.1, 0.15) is 58.2 Å². The molecule has 0 aliphatic rings. The maximum atomic E-state index is 12.5. The smallest absolute Gasteiger partial charge is 0.332 e. The molecule has 10 nitrogen and oxygen atoms in total. The first-order chi connectivity index (χ1) is 15.6.